The smallest absolute Gasteiger partial charge is 0.310 e. The standard InChI is InChI=1S/C17H25N3O2S/c1-4-17(5-2,15(21)22)10-18-8-13-11(3)19-16-20(13)14(9-23-16)12-6-7-12/h9,12,18H,4-8,10H2,1-3H3,(H,21,22). The molecule has 0 saturated heterocycles. The molecule has 0 atom stereocenters. The number of imidazole rings is 1. The van der Waals surface area contributed by atoms with Crippen molar-refractivity contribution in [1.29, 1.82) is 0 Å². The average molecular weight is 335 g/mol. The normalized spacial score (nSPS) is 15.4. The van der Waals surface area contributed by atoms with Gasteiger partial charge in [-0.25, -0.2) is 4.98 Å². The minimum Gasteiger partial charge on any atom is -0.481 e. The number of carbonyl (C=O) groups is 1. The molecular formula is C17H25N3O2S. The zero-order chi connectivity index (χ0) is 16.6. The molecule has 0 bridgehead atoms. The molecule has 1 saturated carbocycles. The van der Waals surface area contributed by atoms with E-state index < -0.39 is 11.4 Å². The number of aryl methyl sites for hydroxylation is 1. The van der Waals surface area contributed by atoms with Crippen molar-refractivity contribution >= 4 is 22.3 Å². The number of hydrogen-bond donors (Lipinski definition) is 2. The molecule has 2 aromatic heterocycles. The summed E-state index contributed by atoms with van der Waals surface area (Å²) in [6, 6.07) is 0. The van der Waals surface area contributed by atoms with Gasteiger partial charge in [-0.2, -0.15) is 0 Å². The molecule has 6 heteroatoms. The second kappa shape index (κ2) is 6.24. The fourth-order valence-corrected chi connectivity index (χ4v) is 4.24. The lowest BCUT2D eigenvalue weighted by molar-refractivity contribution is -0.149. The van der Waals surface area contributed by atoms with Gasteiger partial charge in [-0.05, 0) is 32.6 Å². The van der Waals surface area contributed by atoms with Crippen LogP contribution < -0.4 is 5.32 Å². The number of rotatable bonds is 8. The van der Waals surface area contributed by atoms with Crippen LogP contribution in [0.15, 0.2) is 5.38 Å². The van der Waals surface area contributed by atoms with E-state index in [1.165, 1.54) is 24.2 Å². The summed E-state index contributed by atoms with van der Waals surface area (Å²) in [7, 11) is 0. The van der Waals surface area contributed by atoms with E-state index in [1.54, 1.807) is 11.3 Å². The van der Waals surface area contributed by atoms with E-state index in [-0.39, 0.29) is 0 Å². The van der Waals surface area contributed by atoms with Gasteiger partial charge in [0.15, 0.2) is 4.96 Å². The Balaban J connectivity index is 1.78. The largest absolute Gasteiger partial charge is 0.481 e. The predicted molar refractivity (Wildman–Crippen MR) is 92.1 cm³/mol. The van der Waals surface area contributed by atoms with Crippen molar-refractivity contribution in [2.75, 3.05) is 6.54 Å². The molecular weight excluding hydrogens is 310 g/mol. The SMILES string of the molecule is CCC(CC)(CNCc1c(C)nc2scc(C3CC3)n12)C(=O)O. The highest BCUT2D eigenvalue weighted by Crippen LogP contribution is 2.42. The molecule has 2 N–H and O–H groups in total. The van der Waals surface area contributed by atoms with Crippen molar-refractivity contribution in [3.05, 3.63) is 22.5 Å². The Labute approximate surface area is 140 Å². The summed E-state index contributed by atoms with van der Waals surface area (Å²) in [5, 5.41) is 15.2. The Morgan fingerprint density at radius 2 is 2.17 bits per heavy atom. The maximum atomic E-state index is 11.6. The Kier molecular flexibility index (Phi) is 4.47. The molecule has 0 spiro atoms. The third kappa shape index (κ3) is 2.90. The number of fused-ring (bicyclic) bond motifs is 1. The highest BCUT2D eigenvalue weighted by Gasteiger charge is 2.34. The van der Waals surface area contributed by atoms with E-state index in [0.717, 1.165) is 10.7 Å². The van der Waals surface area contributed by atoms with Gasteiger partial charge in [-0.1, -0.05) is 13.8 Å². The molecule has 0 unspecified atom stereocenters. The van der Waals surface area contributed by atoms with Crippen molar-refractivity contribution < 1.29 is 9.90 Å². The molecule has 5 nitrogen and oxygen atoms in total. The van der Waals surface area contributed by atoms with Gasteiger partial charge in [0, 0.05) is 30.1 Å². The number of hydrogen-bond acceptors (Lipinski definition) is 4. The summed E-state index contributed by atoms with van der Waals surface area (Å²) in [6.07, 6.45) is 3.81. The topological polar surface area (TPSA) is 66.6 Å². The molecule has 2 aromatic rings. The zero-order valence-electron chi connectivity index (χ0n) is 14.1. The number of nitrogens with one attached hydrogen (secondary N) is 1. The Morgan fingerprint density at radius 3 is 2.74 bits per heavy atom. The number of thiazole rings is 1. The number of nitrogens with zero attached hydrogens (tertiary/aromatic N) is 2. The molecule has 3 rings (SSSR count). The summed E-state index contributed by atoms with van der Waals surface area (Å²) in [4.78, 5) is 17.3. The summed E-state index contributed by atoms with van der Waals surface area (Å²) in [5.41, 5.74) is 2.92. The van der Waals surface area contributed by atoms with Crippen LogP contribution in [0.1, 0.15) is 62.5 Å². The van der Waals surface area contributed by atoms with Gasteiger partial charge in [0.1, 0.15) is 0 Å². The first-order valence-electron chi connectivity index (χ1n) is 8.41. The summed E-state index contributed by atoms with van der Waals surface area (Å²) < 4.78 is 2.28. The van der Waals surface area contributed by atoms with Crippen LogP contribution in [0.25, 0.3) is 4.96 Å². The number of aromatic nitrogens is 2. The summed E-state index contributed by atoms with van der Waals surface area (Å²) in [6.45, 7) is 7.10. The molecule has 126 valence electrons. The lowest BCUT2D eigenvalue weighted by atomic mass is 9.82. The van der Waals surface area contributed by atoms with Gasteiger partial charge in [-0.3, -0.25) is 9.20 Å². The lowest BCUT2D eigenvalue weighted by Gasteiger charge is -2.27. The first-order chi connectivity index (χ1) is 11.0. The lowest BCUT2D eigenvalue weighted by Crippen LogP contribution is -2.40. The molecule has 23 heavy (non-hydrogen) atoms. The van der Waals surface area contributed by atoms with Crippen molar-refractivity contribution in [3.8, 4) is 0 Å². The molecule has 0 radical (unpaired) electrons. The van der Waals surface area contributed by atoms with Gasteiger partial charge in [-0.15, -0.1) is 11.3 Å². The van der Waals surface area contributed by atoms with Crippen molar-refractivity contribution in [2.45, 2.75) is 58.9 Å². The highest BCUT2D eigenvalue weighted by atomic mass is 32.1. The van der Waals surface area contributed by atoms with Gasteiger partial charge >= 0.3 is 5.97 Å². The first kappa shape index (κ1) is 16.5. The van der Waals surface area contributed by atoms with Gasteiger partial charge < -0.3 is 10.4 Å². The molecule has 0 aromatic carbocycles. The van der Waals surface area contributed by atoms with Crippen LogP contribution in [-0.4, -0.2) is 27.0 Å². The fourth-order valence-electron chi connectivity index (χ4n) is 3.21. The summed E-state index contributed by atoms with van der Waals surface area (Å²) >= 11 is 1.70. The van der Waals surface area contributed by atoms with E-state index in [2.05, 4.69) is 20.1 Å². The van der Waals surface area contributed by atoms with Crippen molar-refractivity contribution in [2.24, 2.45) is 5.41 Å². The highest BCUT2D eigenvalue weighted by molar-refractivity contribution is 7.15. The summed E-state index contributed by atoms with van der Waals surface area (Å²) in [5.74, 6) is -0.0279. The second-order valence-electron chi connectivity index (χ2n) is 6.59. The Hall–Kier alpha value is -1.40. The quantitative estimate of drug-likeness (QED) is 0.774. The van der Waals surface area contributed by atoms with Crippen LogP contribution in [0.3, 0.4) is 0 Å². The Bertz CT molecular complexity index is 711. The van der Waals surface area contributed by atoms with Crippen LogP contribution in [-0.2, 0) is 11.3 Å². The third-order valence-electron chi connectivity index (χ3n) is 5.24. The van der Waals surface area contributed by atoms with Crippen molar-refractivity contribution in [1.82, 2.24) is 14.7 Å². The van der Waals surface area contributed by atoms with E-state index in [1.807, 2.05) is 20.8 Å². The fraction of sp³-hybridized carbons (Fsp3) is 0.647. The molecule has 1 aliphatic rings. The van der Waals surface area contributed by atoms with Crippen LogP contribution in [0, 0.1) is 12.3 Å². The maximum Gasteiger partial charge on any atom is 0.310 e. The van der Waals surface area contributed by atoms with E-state index in [9.17, 15) is 9.90 Å². The average Bonchev–Trinajstić information content (AvgIpc) is 3.22. The molecule has 1 fully saturated rings. The van der Waals surface area contributed by atoms with Gasteiger partial charge in [0.25, 0.3) is 0 Å². The van der Waals surface area contributed by atoms with Crippen LogP contribution in [0.4, 0.5) is 0 Å². The molecule has 1 aliphatic carbocycles. The second-order valence-corrected chi connectivity index (χ2v) is 7.43. The zero-order valence-corrected chi connectivity index (χ0v) is 14.9. The van der Waals surface area contributed by atoms with Gasteiger partial charge in [0.05, 0.1) is 16.8 Å². The van der Waals surface area contributed by atoms with Crippen LogP contribution in [0.5, 0.6) is 0 Å². The first-order valence-corrected chi connectivity index (χ1v) is 9.29. The van der Waals surface area contributed by atoms with E-state index >= 15 is 0 Å². The number of carboxylic acid groups (broad SMARTS) is 1. The van der Waals surface area contributed by atoms with Crippen molar-refractivity contribution in [3.63, 3.8) is 0 Å². The monoisotopic (exact) mass is 335 g/mol. The van der Waals surface area contributed by atoms with E-state index in [0.29, 0.717) is 31.8 Å². The third-order valence-corrected chi connectivity index (χ3v) is 6.09. The maximum absolute atomic E-state index is 11.6. The molecule has 0 aliphatic heterocycles. The minimum atomic E-state index is -0.709. The minimum absolute atomic E-state index is 0.491. The predicted octanol–water partition coefficient (Wildman–Crippen LogP) is 3.56. The number of aliphatic carboxylic acids is 1. The number of carboxylic acids is 1. The van der Waals surface area contributed by atoms with Gasteiger partial charge in [0.2, 0.25) is 0 Å². The van der Waals surface area contributed by atoms with Crippen LogP contribution >= 0.6 is 11.3 Å². The molecule has 2 heterocycles. The Morgan fingerprint density at radius 1 is 1.48 bits per heavy atom. The molecule has 0 amide bonds. The van der Waals surface area contributed by atoms with Crippen LogP contribution in [0.2, 0.25) is 0 Å². The van der Waals surface area contributed by atoms with E-state index in [4.69, 9.17) is 0 Å².